The average Bonchev–Trinajstić information content (AvgIpc) is 3.06. The fraction of sp³-hybridized carbons (Fsp3) is 0.400. The number of aryl methyl sites for hydroxylation is 2. The van der Waals surface area contributed by atoms with E-state index in [0.29, 0.717) is 6.54 Å². The van der Waals surface area contributed by atoms with Crippen molar-refractivity contribution in [2.45, 2.75) is 26.7 Å². The highest BCUT2D eigenvalue weighted by Gasteiger charge is 2.28. The smallest absolute Gasteiger partial charge is 0.224 e. The third kappa shape index (κ3) is 3.03. The van der Waals surface area contributed by atoms with Crippen LogP contribution in [0, 0.1) is 19.8 Å². The highest BCUT2D eigenvalue weighted by atomic mass is 16.1. The molecule has 27 heavy (non-hydrogen) atoms. The third-order valence-corrected chi connectivity index (χ3v) is 5.32. The summed E-state index contributed by atoms with van der Waals surface area (Å²) in [6, 6.07) is 10.1. The zero-order valence-electron chi connectivity index (χ0n) is 15.9. The number of piperidine rings is 1. The van der Waals surface area contributed by atoms with Crippen LogP contribution in [0.5, 0.6) is 0 Å². The van der Waals surface area contributed by atoms with Crippen LogP contribution in [0.2, 0.25) is 0 Å². The molecule has 0 radical (unpaired) electrons. The predicted molar refractivity (Wildman–Crippen MR) is 105 cm³/mol. The van der Waals surface area contributed by atoms with E-state index in [1.165, 1.54) is 0 Å². The van der Waals surface area contributed by atoms with Gasteiger partial charge in [-0.15, -0.1) is 5.10 Å². The number of fused-ring (bicyclic) bond motifs is 1. The van der Waals surface area contributed by atoms with Gasteiger partial charge < -0.3 is 10.2 Å². The van der Waals surface area contributed by atoms with E-state index in [1.807, 2.05) is 41.9 Å². The SMILES string of the molecule is CNC(=O)C1CCCN(c2nnc(C)c3c(C)n(-c4ccccc4)nc23)C1. The highest BCUT2D eigenvalue weighted by molar-refractivity contribution is 5.92. The molecule has 1 atom stereocenters. The Morgan fingerprint density at radius 2 is 1.96 bits per heavy atom. The van der Waals surface area contributed by atoms with Crippen LogP contribution in [-0.4, -0.2) is 46.0 Å². The second-order valence-electron chi connectivity index (χ2n) is 7.06. The summed E-state index contributed by atoms with van der Waals surface area (Å²) < 4.78 is 1.95. The minimum Gasteiger partial charge on any atom is -0.359 e. The van der Waals surface area contributed by atoms with E-state index < -0.39 is 0 Å². The molecule has 1 N–H and O–H groups in total. The Hall–Kier alpha value is -2.96. The van der Waals surface area contributed by atoms with Crippen LogP contribution in [0.4, 0.5) is 5.82 Å². The summed E-state index contributed by atoms with van der Waals surface area (Å²) in [7, 11) is 1.69. The number of aromatic nitrogens is 4. The van der Waals surface area contributed by atoms with Crippen molar-refractivity contribution >= 4 is 22.6 Å². The lowest BCUT2D eigenvalue weighted by Crippen LogP contribution is -2.42. The maximum absolute atomic E-state index is 12.1. The van der Waals surface area contributed by atoms with Crippen LogP contribution < -0.4 is 10.2 Å². The normalized spacial score (nSPS) is 17.3. The number of carbonyl (C=O) groups excluding carboxylic acids is 1. The molecule has 0 saturated carbocycles. The number of carbonyl (C=O) groups is 1. The zero-order valence-corrected chi connectivity index (χ0v) is 15.9. The maximum Gasteiger partial charge on any atom is 0.224 e. The Labute approximate surface area is 158 Å². The molecule has 1 aliphatic heterocycles. The fourth-order valence-corrected chi connectivity index (χ4v) is 3.93. The first-order chi connectivity index (χ1) is 13.1. The lowest BCUT2D eigenvalue weighted by atomic mass is 9.97. The van der Waals surface area contributed by atoms with Crippen molar-refractivity contribution in [3.63, 3.8) is 0 Å². The lowest BCUT2D eigenvalue weighted by molar-refractivity contribution is -0.124. The summed E-state index contributed by atoms with van der Waals surface area (Å²) in [5.74, 6) is 0.822. The van der Waals surface area contributed by atoms with Crippen molar-refractivity contribution in [3.05, 3.63) is 41.7 Å². The highest BCUT2D eigenvalue weighted by Crippen LogP contribution is 2.31. The van der Waals surface area contributed by atoms with Crippen molar-refractivity contribution in [1.82, 2.24) is 25.3 Å². The molecule has 7 heteroatoms. The monoisotopic (exact) mass is 364 g/mol. The molecular weight excluding hydrogens is 340 g/mol. The molecule has 0 spiro atoms. The van der Waals surface area contributed by atoms with E-state index in [0.717, 1.165) is 53.2 Å². The van der Waals surface area contributed by atoms with E-state index in [1.54, 1.807) is 7.05 Å². The molecule has 140 valence electrons. The summed E-state index contributed by atoms with van der Waals surface area (Å²) in [6.45, 7) is 5.53. The van der Waals surface area contributed by atoms with Gasteiger partial charge in [-0.1, -0.05) is 18.2 Å². The third-order valence-electron chi connectivity index (χ3n) is 5.32. The molecule has 1 amide bonds. The van der Waals surface area contributed by atoms with E-state index >= 15 is 0 Å². The molecule has 7 nitrogen and oxygen atoms in total. The van der Waals surface area contributed by atoms with Gasteiger partial charge in [-0.3, -0.25) is 4.79 Å². The van der Waals surface area contributed by atoms with Crippen LogP contribution in [0.1, 0.15) is 24.2 Å². The van der Waals surface area contributed by atoms with Crippen molar-refractivity contribution in [2.75, 3.05) is 25.0 Å². The summed E-state index contributed by atoms with van der Waals surface area (Å²) in [6.07, 6.45) is 1.85. The number of hydrogen-bond donors (Lipinski definition) is 1. The van der Waals surface area contributed by atoms with E-state index in [-0.39, 0.29) is 11.8 Å². The maximum atomic E-state index is 12.1. The summed E-state index contributed by atoms with van der Waals surface area (Å²) in [5.41, 5.74) is 3.78. The molecule has 1 saturated heterocycles. The Morgan fingerprint density at radius 3 is 2.70 bits per heavy atom. The van der Waals surface area contributed by atoms with Crippen LogP contribution in [0.25, 0.3) is 16.6 Å². The second kappa shape index (κ2) is 6.98. The van der Waals surface area contributed by atoms with Crippen molar-refractivity contribution in [1.29, 1.82) is 0 Å². The molecule has 3 aromatic rings. The number of rotatable bonds is 3. The molecule has 1 aliphatic rings. The van der Waals surface area contributed by atoms with E-state index in [2.05, 4.69) is 27.3 Å². The standard InChI is InChI=1S/C20H24N6O/c1-13-17-14(2)26(16-9-5-4-6-10-16)24-18(17)19(23-22-13)25-11-7-8-15(12-25)20(27)21-3/h4-6,9-10,15H,7-8,11-12H2,1-3H3,(H,21,27). The van der Waals surface area contributed by atoms with Gasteiger partial charge in [0.1, 0.15) is 5.52 Å². The number of nitrogens with one attached hydrogen (secondary N) is 1. The van der Waals surface area contributed by atoms with E-state index in [9.17, 15) is 4.79 Å². The van der Waals surface area contributed by atoms with Crippen molar-refractivity contribution in [2.24, 2.45) is 5.92 Å². The average molecular weight is 364 g/mol. The summed E-state index contributed by atoms with van der Waals surface area (Å²) in [5, 5.41) is 17.5. The Bertz CT molecular complexity index is 981. The number of amides is 1. The van der Waals surface area contributed by atoms with Crippen LogP contribution in [0.3, 0.4) is 0 Å². The molecular formula is C20H24N6O. The number of benzene rings is 1. The van der Waals surface area contributed by atoms with Crippen molar-refractivity contribution in [3.8, 4) is 5.69 Å². The Balaban J connectivity index is 1.80. The molecule has 3 heterocycles. The van der Waals surface area contributed by atoms with Crippen molar-refractivity contribution < 1.29 is 4.79 Å². The van der Waals surface area contributed by atoms with Gasteiger partial charge in [0.25, 0.3) is 0 Å². The van der Waals surface area contributed by atoms with Gasteiger partial charge in [0, 0.05) is 20.1 Å². The van der Waals surface area contributed by atoms with Gasteiger partial charge in [0.15, 0.2) is 5.82 Å². The second-order valence-corrected chi connectivity index (χ2v) is 7.06. The Kier molecular flexibility index (Phi) is 4.51. The van der Waals surface area contributed by atoms with Gasteiger partial charge in [0.05, 0.1) is 28.4 Å². The topological polar surface area (TPSA) is 75.9 Å². The zero-order chi connectivity index (χ0) is 19.0. The lowest BCUT2D eigenvalue weighted by Gasteiger charge is -2.32. The van der Waals surface area contributed by atoms with Gasteiger partial charge >= 0.3 is 0 Å². The first-order valence-corrected chi connectivity index (χ1v) is 9.34. The van der Waals surface area contributed by atoms with Crippen LogP contribution in [0.15, 0.2) is 30.3 Å². The van der Waals surface area contributed by atoms with Gasteiger partial charge in [0.2, 0.25) is 5.91 Å². The molecule has 4 rings (SSSR count). The fourth-order valence-electron chi connectivity index (χ4n) is 3.93. The minimum absolute atomic E-state index is 0.0285. The number of anilines is 1. The number of nitrogens with zero attached hydrogens (tertiary/aromatic N) is 5. The van der Waals surface area contributed by atoms with Crippen LogP contribution in [-0.2, 0) is 4.79 Å². The first kappa shape index (κ1) is 17.5. The van der Waals surface area contributed by atoms with Gasteiger partial charge in [-0.2, -0.15) is 10.2 Å². The molecule has 1 fully saturated rings. The predicted octanol–water partition coefficient (Wildman–Crippen LogP) is 2.39. The molecule has 2 aromatic heterocycles. The molecule has 0 aliphatic carbocycles. The Morgan fingerprint density at radius 1 is 1.19 bits per heavy atom. The minimum atomic E-state index is -0.0285. The largest absolute Gasteiger partial charge is 0.359 e. The van der Waals surface area contributed by atoms with E-state index in [4.69, 9.17) is 5.10 Å². The quantitative estimate of drug-likeness (QED) is 0.772. The summed E-state index contributed by atoms with van der Waals surface area (Å²) in [4.78, 5) is 14.3. The molecule has 0 bridgehead atoms. The number of para-hydroxylation sites is 1. The number of hydrogen-bond acceptors (Lipinski definition) is 5. The summed E-state index contributed by atoms with van der Waals surface area (Å²) >= 11 is 0. The first-order valence-electron chi connectivity index (χ1n) is 9.34. The van der Waals surface area contributed by atoms with Crippen LogP contribution >= 0.6 is 0 Å². The molecule has 1 unspecified atom stereocenters. The molecule has 1 aromatic carbocycles. The van der Waals surface area contributed by atoms with Gasteiger partial charge in [-0.05, 0) is 38.8 Å². The van der Waals surface area contributed by atoms with Gasteiger partial charge in [-0.25, -0.2) is 4.68 Å².